The topological polar surface area (TPSA) is 95.7 Å². The number of hydrogen-bond donors (Lipinski definition) is 1. The van der Waals surface area contributed by atoms with Crippen LogP contribution in [0.5, 0.6) is 17.2 Å². The first-order chi connectivity index (χ1) is 13.6. The van der Waals surface area contributed by atoms with Crippen molar-refractivity contribution in [3.63, 3.8) is 0 Å². The number of ether oxygens (including phenoxy) is 3. The molecule has 0 saturated carbocycles. The lowest BCUT2D eigenvalue weighted by Gasteiger charge is -2.06. The van der Waals surface area contributed by atoms with Crippen molar-refractivity contribution in [1.82, 2.24) is 10.2 Å². The summed E-state index contributed by atoms with van der Waals surface area (Å²) >= 11 is 1.15. The Morgan fingerprint density at radius 1 is 0.964 bits per heavy atom. The normalized spacial score (nSPS) is 10.4. The standard InChI is InChI=1S/C19H19N3O5S/c1-24-14-6-4-13(5-7-14)20-17(23)11-28-19-22-21-18(27-19)12-8-15(25-2)10-16(9-12)26-3/h4-10H,11H2,1-3H3,(H,20,23). The quantitative estimate of drug-likeness (QED) is 0.573. The number of methoxy groups -OCH3 is 3. The molecule has 0 radical (unpaired) electrons. The molecule has 3 aromatic rings. The molecule has 0 aliphatic rings. The highest BCUT2D eigenvalue weighted by molar-refractivity contribution is 7.99. The number of anilines is 1. The Bertz CT molecular complexity index is 921. The van der Waals surface area contributed by atoms with Crippen molar-refractivity contribution >= 4 is 23.4 Å². The third-order valence-electron chi connectivity index (χ3n) is 3.71. The molecule has 0 atom stereocenters. The van der Waals surface area contributed by atoms with Gasteiger partial charge in [-0.1, -0.05) is 11.8 Å². The summed E-state index contributed by atoms with van der Waals surface area (Å²) in [5, 5.41) is 11.1. The van der Waals surface area contributed by atoms with Crippen molar-refractivity contribution in [2.75, 3.05) is 32.4 Å². The van der Waals surface area contributed by atoms with E-state index in [0.29, 0.717) is 33.9 Å². The molecule has 1 N–H and O–H groups in total. The van der Waals surface area contributed by atoms with Crippen molar-refractivity contribution in [3.05, 3.63) is 42.5 Å². The van der Waals surface area contributed by atoms with E-state index < -0.39 is 0 Å². The van der Waals surface area contributed by atoms with Gasteiger partial charge in [-0.15, -0.1) is 10.2 Å². The molecule has 2 aromatic carbocycles. The predicted octanol–water partition coefficient (Wildman–Crippen LogP) is 3.49. The van der Waals surface area contributed by atoms with Crippen LogP contribution in [0.1, 0.15) is 0 Å². The molecule has 0 unspecified atom stereocenters. The fourth-order valence-corrected chi connectivity index (χ4v) is 2.88. The van der Waals surface area contributed by atoms with Gasteiger partial charge in [-0.25, -0.2) is 0 Å². The largest absolute Gasteiger partial charge is 0.497 e. The summed E-state index contributed by atoms with van der Waals surface area (Å²) in [7, 11) is 4.72. The number of benzene rings is 2. The minimum absolute atomic E-state index is 0.134. The van der Waals surface area contributed by atoms with E-state index >= 15 is 0 Å². The maximum absolute atomic E-state index is 12.1. The van der Waals surface area contributed by atoms with Gasteiger partial charge in [0.25, 0.3) is 5.22 Å². The Labute approximate surface area is 166 Å². The maximum Gasteiger partial charge on any atom is 0.277 e. The predicted molar refractivity (Wildman–Crippen MR) is 105 cm³/mol. The average molecular weight is 401 g/mol. The number of nitrogens with zero attached hydrogens (tertiary/aromatic N) is 2. The molecular weight excluding hydrogens is 382 g/mol. The molecule has 1 amide bonds. The zero-order valence-electron chi connectivity index (χ0n) is 15.6. The number of hydrogen-bond acceptors (Lipinski definition) is 8. The number of amides is 1. The van der Waals surface area contributed by atoms with Crippen molar-refractivity contribution < 1.29 is 23.4 Å². The monoisotopic (exact) mass is 401 g/mol. The highest BCUT2D eigenvalue weighted by atomic mass is 32.2. The van der Waals surface area contributed by atoms with Gasteiger partial charge in [0, 0.05) is 17.3 Å². The Kier molecular flexibility index (Phi) is 6.38. The number of nitrogens with one attached hydrogen (secondary N) is 1. The van der Waals surface area contributed by atoms with Crippen LogP contribution in [0.25, 0.3) is 11.5 Å². The first-order valence-corrected chi connectivity index (χ1v) is 9.23. The molecule has 0 spiro atoms. The Hall–Kier alpha value is -3.20. The minimum Gasteiger partial charge on any atom is -0.497 e. The molecule has 1 heterocycles. The van der Waals surface area contributed by atoms with Crippen molar-refractivity contribution in [2.45, 2.75) is 5.22 Å². The summed E-state index contributed by atoms with van der Waals surface area (Å²) in [4.78, 5) is 12.1. The molecule has 0 aliphatic heterocycles. The van der Waals surface area contributed by atoms with Crippen molar-refractivity contribution in [2.24, 2.45) is 0 Å². The van der Waals surface area contributed by atoms with Gasteiger partial charge in [0.05, 0.1) is 27.1 Å². The number of thioether (sulfide) groups is 1. The molecule has 28 heavy (non-hydrogen) atoms. The highest BCUT2D eigenvalue weighted by Gasteiger charge is 2.13. The second kappa shape index (κ2) is 9.14. The average Bonchev–Trinajstić information content (AvgIpc) is 3.21. The van der Waals surface area contributed by atoms with Gasteiger partial charge in [0.15, 0.2) is 0 Å². The van der Waals surface area contributed by atoms with Crippen LogP contribution in [0.2, 0.25) is 0 Å². The van der Waals surface area contributed by atoms with E-state index in [4.69, 9.17) is 18.6 Å². The van der Waals surface area contributed by atoms with Crippen molar-refractivity contribution in [3.8, 4) is 28.7 Å². The Morgan fingerprint density at radius 3 is 2.21 bits per heavy atom. The van der Waals surface area contributed by atoms with Crippen LogP contribution in [-0.2, 0) is 4.79 Å². The van der Waals surface area contributed by atoms with Gasteiger partial charge >= 0.3 is 0 Å². The van der Waals surface area contributed by atoms with Crippen LogP contribution in [-0.4, -0.2) is 43.2 Å². The summed E-state index contributed by atoms with van der Waals surface area (Å²) in [6, 6.07) is 12.4. The van der Waals surface area contributed by atoms with Gasteiger partial charge in [-0.3, -0.25) is 4.79 Å². The SMILES string of the molecule is COc1ccc(NC(=O)CSc2nnc(-c3cc(OC)cc(OC)c3)o2)cc1. The van der Waals surface area contributed by atoms with Gasteiger partial charge in [-0.05, 0) is 36.4 Å². The van der Waals surface area contributed by atoms with Crippen LogP contribution >= 0.6 is 11.8 Å². The summed E-state index contributed by atoms with van der Waals surface area (Å²) in [5.74, 6) is 2.21. The number of carbonyl (C=O) groups is 1. The van der Waals surface area contributed by atoms with Gasteiger partial charge in [0.2, 0.25) is 11.8 Å². The van der Waals surface area contributed by atoms with E-state index in [2.05, 4.69) is 15.5 Å². The van der Waals surface area contributed by atoms with E-state index in [-0.39, 0.29) is 11.7 Å². The Morgan fingerprint density at radius 2 is 1.61 bits per heavy atom. The van der Waals surface area contributed by atoms with E-state index in [1.165, 1.54) is 0 Å². The zero-order chi connectivity index (χ0) is 19.9. The fourth-order valence-electron chi connectivity index (χ4n) is 2.31. The molecule has 1 aromatic heterocycles. The molecule has 0 aliphatic carbocycles. The molecule has 0 fully saturated rings. The summed E-state index contributed by atoms with van der Waals surface area (Å²) in [6.45, 7) is 0. The summed E-state index contributed by atoms with van der Waals surface area (Å²) in [6.07, 6.45) is 0. The number of carbonyl (C=O) groups excluding carboxylic acids is 1. The molecular formula is C19H19N3O5S. The second-order valence-electron chi connectivity index (χ2n) is 5.54. The zero-order valence-corrected chi connectivity index (χ0v) is 16.4. The third-order valence-corrected chi connectivity index (χ3v) is 4.52. The maximum atomic E-state index is 12.1. The van der Waals surface area contributed by atoms with Crippen LogP contribution in [0, 0.1) is 0 Å². The van der Waals surface area contributed by atoms with Crippen LogP contribution < -0.4 is 19.5 Å². The van der Waals surface area contributed by atoms with Crippen LogP contribution in [0.3, 0.4) is 0 Å². The van der Waals surface area contributed by atoms with Gasteiger partial charge in [-0.2, -0.15) is 0 Å². The van der Waals surface area contributed by atoms with Crippen LogP contribution in [0.15, 0.2) is 52.1 Å². The van der Waals surface area contributed by atoms with Gasteiger partial charge in [0.1, 0.15) is 17.2 Å². The lowest BCUT2D eigenvalue weighted by Crippen LogP contribution is -2.13. The first kappa shape index (κ1) is 19.6. The molecule has 146 valence electrons. The molecule has 0 saturated heterocycles. The molecule has 0 bridgehead atoms. The Balaban J connectivity index is 1.60. The van der Waals surface area contributed by atoms with E-state index in [9.17, 15) is 4.79 Å². The minimum atomic E-state index is -0.182. The number of aromatic nitrogens is 2. The highest BCUT2D eigenvalue weighted by Crippen LogP contribution is 2.30. The van der Waals surface area contributed by atoms with Crippen LogP contribution in [0.4, 0.5) is 5.69 Å². The molecule has 9 heteroatoms. The summed E-state index contributed by atoms with van der Waals surface area (Å²) in [5.41, 5.74) is 1.35. The van der Waals surface area contributed by atoms with Gasteiger partial charge < -0.3 is 23.9 Å². The first-order valence-electron chi connectivity index (χ1n) is 8.25. The number of rotatable bonds is 8. The third kappa shape index (κ3) is 4.95. The van der Waals surface area contributed by atoms with E-state index in [0.717, 1.165) is 17.5 Å². The molecule has 8 nitrogen and oxygen atoms in total. The smallest absolute Gasteiger partial charge is 0.277 e. The molecule has 3 rings (SSSR count). The van der Waals surface area contributed by atoms with Crippen molar-refractivity contribution in [1.29, 1.82) is 0 Å². The second-order valence-corrected chi connectivity index (χ2v) is 6.47. The summed E-state index contributed by atoms with van der Waals surface area (Å²) < 4.78 is 21.2. The van der Waals surface area contributed by atoms with E-state index in [1.54, 1.807) is 63.8 Å². The lowest BCUT2D eigenvalue weighted by molar-refractivity contribution is -0.113. The fraction of sp³-hybridized carbons (Fsp3) is 0.211. The van der Waals surface area contributed by atoms with E-state index in [1.807, 2.05) is 0 Å². The lowest BCUT2D eigenvalue weighted by atomic mass is 10.2.